The summed E-state index contributed by atoms with van der Waals surface area (Å²) in [7, 11) is 0. The van der Waals surface area contributed by atoms with Crippen LogP contribution in [0.5, 0.6) is 0 Å². The Labute approximate surface area is 71.6 Å². The second kappa shape index (κ2) is 97.0. The Hall–Kier alpha value is 1.38. The molecule has 0 saturated heterocycles. The van der Waals surface area contributed by atoms with Gasteiger partial charge in [0.2, 0.25) is 0 Å². The standard InChI is InChI=1S/BrH.ClH.HI.3H3N/h3*1H;3*1H3. The summed E-state index contributed by atoms with van der Waals surface area (Å²) in [6.45, 7) is 0. The van der Waals surface area contributed by atoms with Crippen LogP contribution in [0, 0.1) is 0 Å². The van der Waals surface area contributed by atoms with Crippen molar-refractivity contribution in [1.29, 1.82) is 0 Å². The lowest BCUT2D eigenvalue weighted by Gasteiger charge is -1.00. The first kappa shape index (κ1) is 158. The van der Waals surface area contributed by atoms with Gasteiger partial charge in [0.25, 0.3) is 0 Å². The molecular weight excluding hydrogens is 284 g/mol. The van der Waals surface area contributed by atoms with Gasteiger partial charge in [-0.05, 0) is 0 Å². The van der Waals surface area contributed by atoms with Gasteiger partial charge in [-0.15, -0.1) is 0 Å². The smallest absolute Gasteiger partial charge is 0.369 e. The summed E-state index contributed by atoms with van der Waals surface area (Å²) >= 11 is 0. The largest absolute Gasteiger partial charge is 1.00 e. The summed E-state index contributed by atoms with van der Waals surface area (Å²) in [5, 5.41) is 0. The molecule has 0 amide bonds. The zero-order valence-corrected chi connectivity index (χ0v) is 8.63. The Bertz CT molecular complexity index is 10.8. The summed E-state index contributed by atoms with van der Waals surface area (Å²) in [5.74, 6) is 0. The lowest BCUT2D eigenvalue weighted by atomic mass is 14.0. The first-order valence-corrected chi connectivity index (χ1v) is 0. The summed E-state index contributed by atoms with van der Waals surface area (Å²) in [6, 6.07) is 0. The van der Waals surface area contributed by atoms with E-state index >= 15 is 0 Å². The van der Waals surface area contributed by atoms with Crippen LogP contribution in [0.3, 0.4) is 0 Å². The molecule has 0 fully saturated rings. The fraction of sp³-hybridized carbons (Fsp3) is 0. The molecule has 0 aromatic carbocycles. The Kier molecular flexibility index (Phi) is 2550. The zero-order chi connectivity index (χ0) is 0. The van der Waals surface area contributed by atoms with Crippen LogP contribution >= 0.6 is 0 Å². The highest BCUT2D eigenvalue weighted by Crippen LogP contribution is -0.479. The van der Waals surface area contributed by atoms with Crippen LogP contribution in [0.1, 0.15) is 0 Å². The Balaban J connectivity index is 0. The Morgan fingerprint density at radius 1 is 0.667 bits per heavy atom. The molecule has 48 valence electrons. The molecule has 0 spiro atoms. The van der Waals surface area contributed by atoms with Crippen molar-refractivity contribution >= 4 is 0 Å². The van der Waals surface area contributed by atoms with Crippen LogP contribution in [0.15, 0.2) is 0 Å². The van der Waals surface area contributed by atoms with Crippen molar-refractivity contribution in [1.82, 2.24) is 18.5 Å². The molecule has 12 N–H and O–H groups in total. The number of hydrogen-bond acceptors (Lipinski definition) is 0. The second-order valence-corrected chi connectivity index (χ2v) is 0. The molecule has 0 aliphatic rings. The maximum absolute atomic E-state index is 0. The highest BCUT2D eigenvalue weighted by molar-refractivity contribution is 2.14. The molecule has 6 heavy (non-hydrogen) atoms. The highest BCUT2D eigenvalue weighted by atomic mass is 127. The van der Waals surface area contributed by atoms with E-state index in [-0.39, 0.29) is 71.8 Å². The van der Waals surface area contributed by atoms with E-state index < -0.39 is 0 Å². The molecule has 0 radical (unpaired) electrons. The molecular formula is H12BrClIN3. The minimum atomic E-state index is 0. The van der Waals surface area contributed by atoms with Crippen LogP contribution in [-0.2, 0) is 0 Å². The van der Waals surface area contributed by atoms with Gasteiger partial charge in [0, 0.05) is 0 Å². The molecule has 0 aliphatic carbocycles. The molecule has 0 aromatic rings. The molecule has 0 saturated carbocycles. The quantitative estimate of drug-likeness (QED) is 0.369. The SMILES string of the molecule is [Br-].[Cl-].[I-].[NH4+].[NH4+].[NH4+]. The van der Waals surface area contributed by atoms with Gasteiger partial charge in [0.1, 0.15) is 0 Å². The van der Waals surface area contributed by atoms with Crippen LogP contribution in [0.4, 0.5) is 0 Å². The van der Waals surface area contributed by atoms with Gasteiger partial charge in [-0.3, -0.25) is 0 Å². The molecule has 0 aromatic heterocycles. The van der Waals surface area contributed by atoms with Crippen molar-refractivity contribution in [2.45, 2.75) is 0 Å². The topological polar surface area (TPSA) is 110 Å². The number of halogens is 3. The van der Waals surface area contributed by atoms with E-state index in [0.717, 1.165) is 0 Å². The monoisotopic (exact) mass is 295 g/mol. The van der Waals surface area contributed by atoms with Crippen molar-refractivity contribution in [2.75, 3.05) is 0 Å². The molecule has 0 rings (SSSR count). The van der Waals surface area contributed by atoms with E-state index in [9.17, 15) is 0 Å². The third kappa shape index (κ3) is 54.2. The minimum Gasteiger partial charge on any atom is -1.00 e. The van der Waals surface area contributed by atoms with Crippen molar-refractivity contribution in [3.63, 3.8) is 0 Å². The molecule has 0 unspecified atom stereocenters. The third-order valence-corrected chi connectivity index (χ3v) is 0. The third-order valence-electron chi connectivity index (χ3n) is 0. The first-order valence-electron chi connectivity index (χ1n) is 0. The van der Waals surface area contributed by atoms with Crippen LogP contribution < -0.4 is 71.8 Å². The highest BCUT2D eigenvalue weighted by Gasteiger charge is -0.367. The molecule has 0 bridgehead atoms. The average Bonchev–Trinajstić information content (AvgIpc) is 0. The van der Waals surface area contributed by atoms with Gasteiger partial charge < -0.3 is 71.8 Å². The van der Waals surface area contributed by atoms with Gasteiger partial charge in [0.05, 0.1) is 0 Å². The lowest BCUT2D eigenvalue weighted by Crippen LogP contribution is -3.00. The van der Waals surface area contributed by atoms with Crippen LogP contribution in [0.25, 0.3) is 0 Å². The van der Waals surface area contributed by atoms with Crippen molar-refractivity contribution in [2.24, 2.45) is 0 Å². The molecule has 0 aliphatic heterocycles. The van der Waals surface area contributed by atoms with Crippen LogP contribution in [0.2, 0.25) is 0 Å². The normalized spacial score (nSPS) is 0. The number of quaternary nitrogens is 3. The van der Waals surface area contributed by atoms with Gasteiger partial charge in [-0.2, -0.15) is 0 Å². The first-order chi connectivity index (χ1) is 0. The Morgan fingerprint density at radius 3 is 0.667 bits per heavy atom. The van der Waals surface area contributed by atoms with E-state index in [1.54, 1.807) is 0 Å². The summed E-state index contributed by atoms with van der Waals surface area (Å²) in [6.07, 6.45) is 0. The van der Waals surface area contributed by atoms with Crippen molar-refractivity contribution < 1.29 is 53.4 Å². The zero-order valence-electron chi connectivity index (χ0n) is 4.13. The number of hydrogen-bond donors (Lipinski definition) is 3. The fourth-order valence-corrected chi connectivity index (χ4v) is 0. The van der Waals surface area contributed by atoms with Crippen molar-refractivity contribution in [3.05, 3.63) is 0 Å². The lowest BCUT2D eigenvalue weighted by molar-refractivity contribution is -0.00100. The van der Waals surface area contributed by atoms with Crippen molar-refractivity contribution in [3.8, 4) is 0 Å². The van der Waals surface area contributed by atoms with Crippen LogP contribution in [-0.4, -0.2) is 0 Å². The molecule has 6 heteroatoms. The summed E-state index contributed by atoms with van der Waals surface area (Å²) in [5.41, 5.74) is 0. The van der Waals surface area contributed by atoms with Gasteiger partial charge in [-0.25, -0.2) is 0 Å². The van der Waals surface area contributed by atoms with E-state index in [0.29, 0.717) is 0 Å². The predicted octanol–water partition coefficient (Wildman–Crippen LogP) is -7.86. The molecule has 0 heterocycles. The number of rotatable bonds is 0. The minimum absolute atomic E-state index is 0. The van der Waals surface area contributed by atoms with Gasteiger partial charge >= 0.3 is 0 Å². The Morgan fingerprint density at radius 2 is 0.667 bits per heavy atom. The van der Waals surface area contributed by atoms with E-state index in [1.165, 1.54) is 0 Å². The van der Waals surface area contributed by atoms with Gasteiger partial charge in [0.15, 0.2) is 0 Å². The molecule has 3 nitrogen and oxygen atoms in total. The average molecular weight is 296 g/mol. The van der Waals surface area contributed by atoms with E-state index in [1.807, 2.05) is 0 Å². The molecule has 0 atom stereocenters. The maximum Gasteiger partial charge on any atom is -0.369 e. The summed E-state index contributed by atoms with van der Waals surface area (Å²) in [4.78, 5) is 0. The summed E-state index contributed by atoms with van der Waals surface area (Å²) < 4.78 is 0. The van der Waals surface area contributed by atoms with Gasteiger partial charge in [-0.1, -0.05) is 0 Å². The van der Waals surface area contributed by atoms with E-state index in [4.69, 9.17) is 0 Å². The maximum atomic E-state index is 0. The predicted molar refractivity (Wildman–Crippen MR) is 18.0 cm³/mol. The van der Waals surface area contributed by atoms with E-state index in [2.05, 4.69) is 0 Å². The second-order valence-electron chi connectivity index (χ2n) is 0. The fourth-order valence-electron chi connectivity index (χ4n) is 0.